The molecule has 0 bridgehead atoms. The molecule has 54 valence electrons. The Labute approximate surface area is 87.5 Å². The van der Waals surface area contributed by atoms with E-state index in [1.165, 1.54) is 0 Å². The van der Waals surface area contributed by atoms with E-state index < -0.39 is 5.97 Å². The number of hydrogen-bond donors (Lipinski definition) is 0. The second-order valence-electron chi connectivity index (χ2n) is 1.51. The first-order chi connectivity index (χ1) is 4.68. The molecule has 11 heavy (non-hydrogen) atoms. The molecule has 1 aromatic heterocycles. The van der Waals surface area contributed by atoms with Gasteiger partial charge in [0.05, 0.1) is 0 Å². The predicted molar refractivity (Wildman–Crippen MR) is 36.3 cm³/mol. The van der Waals surface area contributed by atoms with E-state index in [-0.39, 0.29) is 31.1 Å². The van der Waals surface area contributed by atoms with Gasteiger partial charge < -0.3 is 9.90 Å². The summed E-state index contributed by atoms with van der Waals surface area (Å²) in [4.78, 5) is 13.7. The maximum absolute atomic E-state index is 9.98. The summed E-state index contributed by atoms with van der Waals surface area (Å²) in [5.74, 6) is -0.873. The minimum absolute atomic E-state index is 0. The first kappa shape index (κ1) is 11.1. The predicted octanol–water partition coefficient (Wildman–Crippen LogP) is -3.40. The molecule has 0 aliphatic rings. The molecule has 0 aliphatic heterocycles. The first-order valence-corrected chi connectivity index (χ1v) is 3.93. The van der Waals surface area contributed by atoms with Crippen molar-refractivity contribution < 1.29 is 28.8 Å². The number of carboxylic acid groups (broad SMARTS) is 1. The molecule has 4 nitrogen and oxygen atoms in total. The number of carboxylic acids is 1. The molecule has 0 saturated carbocycles. The Morgan fingerprint density at radius 1 is 1.73 bits per heavy atom. The Hall–Kier alpha value is 0.107. The molecule has 1 heterocycles. The van der Waals surface area contributed by atoms with Gasteiger partial charge in [0.25, 0.3) is 0 Å². The molecular weight excluding hydrogens is 227 g/mol. The zero-order chi connectivity index (χ0) is 7.56. The van der Waals surface area contributed by atoms with Crippen LogP contribution < -0.4 is 24.0 Å². The Balaban J connectivity index is 0.000001000. The minimum Gasteiger partial charge on any atom is -0.550 e. The van der Waals surface area contributed by atoms with Gasteiger partial charge in [0.15, 0.2) is 3.92 Å². The van der Waals surface area contributed by atoms with Crippen molar-refractivity contribution in [2.45, 2.75) is 6.42 Å². The van der Waals surface area contributed by atoms with E-state index in [2.05, 4.69) is 25.3 Å². The number of carbonyl (C=O) groups is 1. The van der Waals surface area contributed by atoms with Gasteiger partial charge in [-0.1, -0.05) is 0 Å². The van der Waals surface area contributed by atoms with E-state index in [0.29, 0.717) is 3.92 Å². The fourth-order valence-electron chi connectivity index (χ4n) is 0.434. The van der Waals surface area contributed by atoms with Crippen molar-refractivity contribution in [3.05, 3.63) is 9.74 Å². The Kier molecular flexibility index (Phi) is 4.93. The number of hydrogen-bond acceptors (Lipinski definition) is 5. The molecule has 0 N–H and O–H groups in total. The number of rotatable bonds is 2. The monoisotopic (exact) mass is 228 g/mol. The molecule has 0 radical (unpaired) electrons. The van der Waals surface area contributed by atoms with Crippen molar-refractivity contribution in [3.8, 4) is 0 Å². The molecule has 1 rings (SSSR count). The van der Waals surface area contributed by atoms with Crippen molar-refractivity contribution in [1.29, 1.82) is 0 Å². The summed E-state index contributed by atoms with van der Waals surface area (Å²) in [6, 6.07) is 0. The summed E-state index contributed by atoms with van der Waals surface area (Å²) in [5.41, 5.74) is 0. The van der Waals surface area contributed by atoms with E-state index in [9.17, 15) is 9.90 Å². The molecule has 0 aliphatic carbocycles. The normalized spacial score (nSPS) is 8.82. The standard InChI is InChI=1S/C4H3BrN2O2S.Li/c5-4-6-2(7-10-4)1-3(8)9;/h1H2,(H,8,9);/q;+1/p-1. The van der Waals surface area contributed by atoms with Gasteiger partial charge in [-0.2, -0.15) is 4.37 Å². The van der Waals surface area contributed by atoms with Gasteiger partial charge in [-0.3, -0.25) is 0 Å². The van der Waals surface area contributed by atoms with Crippen LogP contribution in [-0.2, 0) is 11.2 Å². The Morgan fingerprint density at radius 3 is 2.73 bits per heavy atom. The molecule has 7 heteroatoms. The quantitative estimate of drug-likeness (QED) is 0.496. The van der Waals surface area contributed by atoms with Gasteiger partial charge in [0, 0.05) is 12.4 Å². The van der Waals surface area contributed by atoms with Crippen LogP contribution in [-0.4, -0.2) is 15.3 Å². The first-order valence-electron chi connectivity index (χ1n) is 2.36. The van der Waals surface area contributed by atoms with Gasteiger partial charge in [-0.05, 0) is 27.5 Å². The fraction of sp³-hybridized carbons (Fsp3) is 0.250. The largest absolute Gasteiger partial charge is 1.00 e. The molecule has 0 aromatic carbocycles. The van der Waals surface area contributed by atoms with Crippen LogP contribution in [0, 0.1) is 0 Å². The van der Waals surface area contributed by atoms with E-state index in [1.54, 1.807) is 0 Å². The van der Waals surface area contributed by atoms with Gasteiger partial charge in [0.1, 0.15) is 5.82 Å². The summed E-state index contributed by atoms with van der Waals surface area (Å²) in [5, 5.41) is 9.98. The van der Waals surface area contributed by atoms with Crippen LogP contribution in [0.5, 0.6) is 0 Å². The van der Waals surface area contributed by atoms with Gasteiger partial charge in [-0.25, -0.2) is 4.98 Å². The number of aliphatic carboxylic acids is 1. The van der Waals surface area contributed by atoms with Crippen LogP contribution in [0.1, 0.15) is 5.82 Å². The Bertz CT molecular complexity index is 254. The Morgan fingerprint density at radius 2 is 2.36 bits per heavy atom. The number of aromatic nitrogens is 2. The SMILES string of the molecule is O=C([O-])Cc1nsc(Br)n1.[Li+]. The van der Waals surface area contributed by atoms with E-state index in [4.69, 9.17) is 0 Å². The smallest absolute Gasteiger partial charge is 0.550 e. The van der Waals surface area contributed by atoms with Crippen molar-refractivity contribution in [1.82, 2.24) is 9.36 Å². The zero-order valence-electron chi connectivity index (χ0n) is 5.70. The van der Waals surface area contributed by atoms with Crippen LogP contribution in [0.3, 0.4) is 0 Å². The molecule has 0 atom stereocenters. The molecule has 0 saturated heterocycles. The van der Waals surface area contributed by atoms with Crippen LogP contribution in [0.4, 0.5) is 0 Å². The van der Waals surface area contributed by atoms with Crippen molar-refractivity contribution in [3.63, 3.8) is 0 Å². The van der Waals surface area contributed by atoms with Gasteiger partial charge in [0.2, 0.25) is 0 Å². The third kappa shape index (κ3) is 3.87. The van der Waals surface area contributed by atoms with Crippen molar-refractivity contribution in [2.24, 2.45) is 0 Å². The third-order valence-corrected chi connectivity index (χ3v) is 1.90. The number of halogens is 1. The van der Waals surface area contributed by atoms with Crippen LogP contribution >= 0.6 is 27.5 Å². The van der Waals surface area contributed by atoms with E-state index in [1.807, 2.05) is 0 Å². The maximum atomic E-state index is 9.98. The minimum atomic E-state index is -1.16. The third-order valence-electron chi connectivity index (χ3n) is 0.746. The average Bonchev–Trinajstić information content (AvgIpc) is 2.13. The molecule has 0 amide bonds. The summed E-state index contributed by atoms with van der Waals surface area (Å²) in [6.07, 6.45) is -0.220. The van der Waals surface area contributed by atoms with Gasteiger partial charge in [-0.15, -0.1) is 0 Å². The van der Waals surface area contributed by atoms with Gasteiger partial charge >= 0.3 is 18.9 Å². The zero-order valence-corrected chi connectivity index (χ0v) is 8.11. The molecule has 0 fully saturated rings. The second kappa shape index (κ2) is 4.88. The van der Waals surface area contributed by atoms with E-state index in [0.717, 1.165) is 11.5 Å². The van der Waals surface area contributed by atoms with Crippen LogP contribution in [0.2, 0.25) is 0 Å². The number of nitrogens with zero attached hydrogens (tertiary/aromatic N) is 2. The molecule has 1 aromatic rings. The number of carbonyl (C=O) groups excluding carboxylic acids is 1. The molecule has 0 spiro atoms. The fourth-order valence-corrected chi connectivity index (χ4v) is 1.29. The van der Waals surface area contributed by atoms with Crippen LogP contribution in [0.15, 0.2) is 3.92 Å². The molecular formula is C4H2BrLiN2O2S. The van der Waals surface area contributed by atoms with Crippen molar-refractivity contribution >= 4 is 33.4 Å². The molecule has 0 unspecified atom stereocenters. The summed E-state index contributed by atoms with van der Waals surface area (Å²) in [7, 11) is 0. The summed E-state index contributed by atoms with van der Waals surface area (Å²) in [6.45, 7) is 0. The average molecular weight is 229 g/mol. The second-order valence-corrected chi connectivity index (χ2v) is 3.54. The van der Waals surface area contributed by atoms with Crippen molar-refractivity contribution in [2.75, 3.05) is 0 Å². The topological polar surface area (TPSA) is 65.9 Å². The van der Waals surface area contributed by atoms with E-state index >= 15 is 0 Å². The summed E-state index contributed by atoms with van der Waals surface area (Å²) < 4.78 is 4.31. The summed E-state index contributed by atoms with van der Waals surface area (Å²) >= 11 is 4.16. The van der Waals surface area contributed by atoms with Crippen LogP contribution in [0.25, 0.3) is 0 Å². The maximum Gasteiger partial charge on any atom is 1.00 e.